The summed E-state index contributed by atoms with van der Waals surface area (Å²) in [4.78, 5) is 11.7. The summed E-state index contributed by atoms with van der Waals surface area (Å²) < 4.78 is 5.81. The van der Waals surface area contributed by atoms with Crippen LogP contribution in [0.2, 0.25) is 0 Å². The molecule has 0 aliphatic rings. The largest absolute Gasteiger partial charge is 0.472 e. The maximum absolute atomic E-state index is 11.7. The molecule has 2 aromatic rings. The molecule has 0 unspecified atom stereocenters. The number of carbonyl (C=O) groups excluding carboxylic acids is 1. The van der Waals surface area contributed by atoms with Crippen LogP contribution in [0.15, 0.2) is 51.7 Å². The molecule has 0 fully saturated rings. The maximum Gasteiger partial charge on any atom is 0.238 e. The fourth-order valence-corrected chi connectivity index (χ4v) is 1.85. The van der Waals surface area contributed by atoms with Gasteiger partial charge >= 0.3 is 0 Å². The van der Waals surface area contributed by atoms with Gasteiger partial charge in [0, 0.05) is 16.6 Å². The molecule has 0 bridgehead atoms. The molecule has 0 saturated carbocycles. The second-order valence-electron chi connectivity index (χ2n) is 3.76. The first-order valence-electron chi connectivity index (χ1n) is 5.52. The molecule has 94 valence electrons. The van der Waals surface area contributed by atoms with Crippen LogP contribution in [-0.2, 0) is 11.3 Å². The number of hydrogen-bond acceptors (Lipinski definition) is 3. The van der Waals surface area contributed by atoms with E-state index in [1.807, 2.05) is 30.3 Å². The molecule has 1 aromatic heterocycles. The third-order valence-electron chi connectivity index (χ3n) is 2.34. The van der Waals surface area contributed by atoms with Crippen LogP contribution in [0.4, 0.5) is 5.69 Å². The van der Waals surface area contributed by atoms with Gasteiger partial charge < -0.3 is 15.1 Å². The fourth-order valence-electron chi connectivity index (χ4n) is 1.47. The van der Waals surface area contributed by atoms with Gasteiger partial charge in [0.2, 0.25) is 5.91 Å². The van der Waals surface area contributed by atoms with E-state index in [1.165, 1.54) is 0 Å². The van der Waals surface area contributed by atoms with E-state index in [1.54, 1.807) is 12.5 Å². The Morgan fingerprint density at radius 3 is 2.83 bits per heavy atom. The van der Waals surface area contributed by atoms with Crippen molar-refractivity contribution in [2.45, 2.75) is 6.54 Å². The van der Waals surface area contributed by atoms with Crippen molar-refractivity contribution >= 4 is 27.5 Å². The van der Waals surface area contributed by atoms with Gasteiger partial charge in [-0.05, 0) is 34.1 Å². The van der Waals surface area contributed by atoms with Gasteiger partial charge in [-0.2, -0.15) is 0 Å². The number of amides is 1. The van der Waals surface area contributed by atoms with E-state index in [2.05, 4.69) is 26.6 Å². The Morgan fingerprint density at radius 2 is 2.11 bits per heavy atom. The number of halogens is 1. The molecule has 2 N–H and O–H groups in total. The molecule has 4 nitrogen and oxygen atoms in total. The topological polar surface area (TPSA) is 54.3 Å². The number of hydrogen-bond donors (Lipinski definition) is 2. The molecule has 0 spiro atoms. The van der Waals surface area contributed by atoms with Crippen LogP contribution in [0, 0.1) is 0 Å². The van der Waals surface area contributed by atoms with E-state index >= 15 is 0 Å². The van der Waals surface area contributed by atoms with Crippen molar-refractivity contribution in [3.8, 4) is 0 Å². The van der Waals surface area contributed by atoms with Crippen molar-refractivity contribution in [2.75, 3.05) is 11.9 Å². The SMILES string of the molecule is O=C(CNCc1ccoc1)Nc1ccccc1Br. The number of para-hydroxylation sites is 1. The van der Waals surface area contributed by atoms with Crippen LogP contribution >= 0.6 is 15.9 Å². The number of carbonyl (C=O) groups is 1. The molecule has 18 heavy (non-hydrogen) atoms. The predicted molar refractivity (Wildman–Crippen MR) is 73.2 cm³/mol. The van der Waals surface area contributed by atoms with Crippen LogP contribution < -0.4 is 10.6 Å². The molecule has 2 rings (SSSR count). The summed E-state index contributed by atoms with van der Waals surface area (Å²) in [7, 11) is 0. The maximum atomic E-state index is 11.7. The first-order valence-corrected chi connectivity index (χ1v) is 6.31. The van der Waals surface area contributed by atoms with E-state index < -0.39 is 0 Å². The molecule has 1 amide bonds. The standard InChI is InChI=1S/C13H13BrN2O2/c14-11-3-1-2-4-12(11)16-13(17)8-15-7-10-5-6-18-9-10/h1-6,9,15H,7-8H2,(H,16,17). The molecular formula is C13H13BrN2O2. The number of nitrogens with one attached hydrogen (secondary N) is 2. The van der Waals surface area contributed by atoms with Crippen LogP contribution in [-0.4, -0.2) is 12.5 Å². The minimum atomic E-state index is -0.0783. The summed E-state index contributed by atoms with van der Waals surface area (Å²) in [5.41, 5.74) is 1.79. The van der Waals surface area contributed by atoms with Gasteiger partial charge in [0.25, 0.3) is 0 Å². The molecule has 0 aliphatic heterocycles. The Hall–Kier alpha value is -1.59. The zero-order valence-corrected chi connectivity index (χ0v) is 11.2. The minimum Gasteiger partial charge on any atom is -0.472 e. The third-order valence-corrected chi connectivity index (χ3v) is 3.03. The molecule has 1 aromatic carbocycles. The van der Waals surface area contributed by atoms with Crippen molar-refractivity contribution in [1.82, 2.24) is 5.32 Å². The van der Waals surface area contributed by atoms with Crippen LogP contribution in [0.25, 0.3) is 0 Å². The van der Waals surface area contributed by atoms with Crippen molar-refractivity contribution in [2.24, 2.45) is 0 Å². The highest BCUT2D eigenvalue weighted by Crippen LogP contribution is 2.20. The minimum absolute atomic E-state index is 0.0783. The van der Waals surface area contributed by atoms with E-state index in [9.17, 15) is 4.79 Å². The van der Waals surface area contributed by atoms with Crippen molar-refractivity contribution in [3.63, 3.8) is 0 Å². The first kappa shape index (κ1) is 12.9. The molecule has 0 radical (unpaired) electrons. The lowest BCUT2D eigenvalue weighted by molar-refractivity contribution is -0.115. The predicted octanol–water partition coefficient (Wildman–Crippen LogP) is 2.77. The number of rotatable bonds is 5. The summed E-state index contributed by atoms with van der Waals surface area (Å²) in [5.74, 6) is -0.0783. The summed E-state index contributed by atoms with van der Waals surface area (Å²) in [6.07, 6.45) is 3.26. The third kappa shape index (κ3) is 3.72. The molecule has 5 heteroatoms. The van der Waals surface area contributed by atoms with E-state index in [4.69, 9.17) is 4.42 Å². The van der Waals surface area contributed by atoms with E-state index in [0.717, 1.165) is 15.7 Å². The highest BCUT2D eigenvalue weighted by molar-refractivity contribution is 9.10. The number of benzene rings is 1. The number of anilines is 1. The fraction of sp³-hybridized carbons (Fsp3) is 0.154. The van der Waals surface area contributed by atoms with Gasteiger partial charge in [0.05, 0.1) is 24.8 Å². The smallest absolute Gasteiger partial charge is 0.238 e. The van der Waals surface area contributed by atoms with Gasteiger partial charge in [-0.3, -0.25) is 4.79 Å². The highest BCUT2D eigenvalue weighted by atomic mass is 79.9. The Labute approximate surface area is 114 Å². The van der Waals surface area contributed by atoms with Gasteiger partial charge in [-0.1, -0.05) is 12.1 Å². The summed E-state index contributed by atoms with van der Waals surface area (Å²) in [6.45, 7) is 0.867. The van der Waals surface area contributed by atoms with Gasteiger partial charge in [-0.15, -0.1) is 0 Å². The molecule has 0 saturated heterocycles. The summed E-state index contributed by atoms with van der Waals surface area (Å²) in [5, 5.41) is 5.86. The van der Waals surface area contributed by atoms with Crippen molar-refractivity contribution in [3.05, 3.63) is 52.9 Å². The van der Waals surface area contributed by atoms with Crippen molar-refractivity contribution in [1.29, 1.82) is 0 Å². The summed E-state index contributed by atoms with van der Waals surface area (Å²) >= 11 is 3.38. The Balaban J connectivity index is 1.77. The van der Waals surface area contributed by atoms with Gasteiger partial charge in [-0.25, -0.2) is 0 Å². The Bertz CT molecular complexity index is 511. The second-order valence-corrected chi connectivity index (χ2v) is 4.62. The highest BCUT2D eigenvalue weighted by Gasteiger charge is 2.04. The molecule has 1 heterocycles. The van der Waals surface area contributed by atoms with E-state index in [-0.39, 0.29) is 12.5 Å². The van der Waals surface area contributed by atoms with Crippen LogP contribution in [0.3, 0.4) is 0 Å². The zero-order valence-electron chi connectivity index (χ0n) is 9.65. The lowest BCUT2D eigenvalue weighted by Gasteiger charge is -2.07. The Morgan fingerprint density at radius 1 is 1.28 bits per heavy atom. The average Bonchev–Trinajstić information content (AvgIpc) is 2.85. The average molecular weight is 309 g/mol. The van der Waals surface area contributed by atoms with Crippen LogP contribution in [0.1, 0.15) is 5.56 Å². The monoisotopic (exact) mass is 308 g/mol. The first-order chi connectivity index (χ1) is 8.75. The zero-order chi connectivity index (χ0) is 12.8. The lowest BCUT2D eigenvalue weighted by atomic mass is 10.3. The summed E-state index contributed by atoms with van der Waals surface area (Å²) in [6, 6.07) is 9.36. The van der Waals surface area contributed by atoms with Gasteiger partial charge in [0.15, 0.2) is 0 Å². The van der Waals surface area contributed by atoms with Crippen molar-refractivity contribution < 1.29 is 9.21 Å². The van der Waals surface area contributed by atoms with Gasteiger partial charge in [0.1, 0.15) is 0 Å². The lowest BCUT2D eigenvalue weighted by Crippen LogP contribution is -2.27. The molecule has 0 atom stereocenters. The van der Waals surface area contributed by atoms with E-state index in [0.29, 0.717) is 6.54 Å². The normalized spacial score (nSPS) is 10.3. The van der Waals surface area contributed by atoms with Crippen LogP contribution in [0.5, 0.6) is 0 Å². The molecule has 0 aliphatic carbocycles. The quantitative estimate of drug-likeness (QED) is 0.893. The number of furan rings is 1. The second kappa shape index (κ2) is 6.37. The molecular weight excluding hydrogens is 296 g/mol. The Kier molecular flexibility index (Phi) is 4.55.